The number of thioether (sulfide) groups is 1. The number of nitrogens with zero attached hydrogens (tertiary/aromatic N) is 2. The number of carbonyl (C=O) groups is 2. The third-order valence-corrected chi connectivity index (χ3v) is 4.46. The van der Waals surface area contributed by atoms with E-state index in [1.807, 2.05) is 4.90 Å². The summed E-state index contributed by atoms with van der Waals surface area (Å²) in [4.78, 5) is 29.6. The number of aromatic nitrogens is 1. The molecule has 1 saturated heterocycles. The highest BCUT2D eigenvalue weighted by atomic mass is 32.2. The van der Waals surface area contributed by atoms with Gasteiger partial charge in [-0.3, -0.25) is 14.6 Å². The summed E-state index contributed by atoms with van der Waals surface area (Å²) >= 11 is 2.88. The second-order valence-corrected chi connectivity index (χ2v) is 6.28. The van der Waals surface area contributed by atoms with E-state index in [4.69, 9.17) is 0 Å². The lowest BCUT2D eigenvalue weighted by Gasteiger charge is -2.14. The van der Waals surface area contributed by atoms with E-state index in [-0.39, 0.29) is 11.0 Å². The Morgan fingerprint density at radius 2 is 2.53 bits per heavy atom. The monoisotopic (exact) mass is 270 g/mol. The molecule has 0 N–H and O–H groups in total. The molecule has 0 aromatic carbocycles. The molecule has 0 radical (unpaired) electrons. The standard InChI is InChI=1S/C11H14N2O2S2/c1-8(14)16-6-9-2-11(15)13(4-9)5-10-3-12-7-17-10/h3,7,9H,2,4-6H2,1H3. The van der Waals surface area contributed by atoms with Crippen LogP contribution in [-0.2, 0) is 16.1 Å². The zero-order valence-electron chi connectivity index (χ0n) is 9.59. The van der Waals surface area contributed by atoms with E-state index in [1.165, 1.54) is 11.8 Å². The van der Waals surface area contributed by atoms with Crippen molar-refractivity contribution >= 4 is 34.1 Å². The molecule has 0 bridgehead atoms. The normalized spacial score (nSPS) is 19.9. The number of thiazole rings is 1. The smallest absolute Gasteiger partial charge is 0.223 e. The Balaban J connectivity index is 1.85. The maximum Gasteiger partial charge on any atom is 0.223 e. The van der Waals surface area contributed by atoms with Gasteiger partial charge in [-0.05, 0) is 5.92 Å². The van der Waals surface area contributed by atoms with Gasteiger partial charge in [0.1, 0.15) is 0 Å². The van der Waals surface area contributed by atoms with Crippen molar-refractivity contribution in [3.63, 3.8) is 0 Å². The summed E-state index contributed by atoms with van der Waals surface area (Å²) in [6.07, 6.45) is 2.37. The molecule has 1 aromatic heterocycles. The topological polar surface area (TPSA) is 50.3 Å². The lowest BCUT2D eigenvalue weighted by molar-refractivity contribution is -0.128. The SMILES string of the molecule is CC(=O)SCC1CC(=O)N(Cc2cncs2)C1. The van der Waals surface area contributed by atoms with Crippen LogP contribution in [0.1, 0.15) is 18.2 Å². The van der Waals surface area contributed by atoms with Crippen molar-refractivity contribution in [2.45, 2.75) is 19.9 Å². The van der Waals surface area contributed by atoms with Gasteiger partial charge in [-0.25, -0.2) is 0 Å². The third kappa shape index (κ3) is 3.54. The molecule has 0 spiro atoms. The summed E-state index contributed by atoms with van der Waals surface area (Å²) < 4.78 is 0. The molecule has 1 aliphatic heterocycles. The van der Waals surface area contributed by atoms with Crippen LogP contribution in [0.3, 0.4) is 0 Å². The molecule has 2 rings (SSSR count). The van der Waals surface area contributed by atoms with Gasteiger partial charge in [0.25, 0.3) is 0 Å². The van der Waals surface area contributed by atoms with Crippen LogP contribution < -0.4 is 0 Å². The molecule has 2 heterocycles. The maximum atomic E-state index is 11.8. The number of hydrogen-bond donors (Lipinski definition) is 0. The van der Waals surface area contributed by atoms with Crippen LogP contribution in [-0.4, -0.2) is 33.2 Å². The van der Waals surface area contributed by atoms with Gasteiger partial charge in [-0.1, -0.05) is 11.8 Å². The van der Waals surface area contributed by atoms with Crippen molar-refractivity contribution in [1.82, 2.24) is 9.88 Å². The van der Waals surface area contributed by atoms with Gasteiger partial charge < -0.3 is 4.90 Å². The van der Waals surface area contributed by atoms with E-state index in [0.29, 0.717) is 18.9 Å². The summed E-state index contributed by atoms with van der Waals surface area (Å²) in [5.74, 6) is 1.25. The van der Waals surface area contributed by atoms with Crippen LogP contribution >= 0.6 is 23.1 Å². The molecular weight excluding hydrogens is 256 g/mol. The van der Waals surface area contributed by atoms with Crippen molar-refractivity contribution in [1.29, 1.82) is 0 Å². The molecule has 92 valence electrons. The van der Waals surface area contributed by atoms with Crippen LogP contribution in [0.25, 0.3) is 0 Å². The first-order valence-electron chi connectivity index (χ1n) is 5.43. The molecule has 1 unspecified atom stereocenters. The molecule has 6 heteroatoms. The molecule has 1 atom stereocenters. The summed E-state index contributed by atoms with van der Waals surface area (Å²) in [5.41, 5.74) is 1.78. The number of rotatable bonds is 4. The Hall–Kier alpha value is -0.880. The molecule has 1 aliphatic rings. The second kappa shape index (κ2) is 5.64. The van der Waals surface area contributed by atoms with E-state index in [0.717, 1.165) is 17.2 Å². The zero-order valence-corrected chi connectivity index (χ0v) is 11.2. The fraction of sp³-hybridized carbons (Fsp3) is 0.545. The van der Waals surface area contributed by atoms with Gasteiger partial charge in [0, 0.05) is 36.7 Å². The van der Waals surface area contributed by atoms with Crippen LogP contribution in [0.5, 0.6) is 0 Å². The van der Waals surface area contributed by atoms with E-state index in [9.17, 15) is 9.59 Å². The number of carbonyl (C=O) groups excluding carboxylic acids is 2. The Bertz CT molecular complexity index is 406. The molecule has 1 fully saturated rings. The van der Waals surface area contributed by atoms with Crippen molar-refractivity contribution in [2.75, 3.05) is 12.3 Å². The predicted molar refractivity (Wildman–Crippen MR) is 68.8 cm³/mol. The van der Waals surface area contributed by atoms with Gasteiger partial charge in [-0.15, -0.1) is 11.3 Å². The quantitative estimate of drug-likeness (QED) is 0.836. The molecular formula is C11H14N2O2S2. The summed E-state index contributed by atoms with van der Waals surface area (Å²) in [6.45, 7) is 2.98. The minimum Gasteiger partial charge on any atom is -0.337 e. The lowest BCUT2D eigenvalue weighted by Crippen LogP contribution is -2.24. The fourth-order valence-corrected chi connectivity index (χ4v) is 3.16. The Morgan fingerprint density at radius 3 is 3.18 bits per heavy atom. The first-order chi connectivity index (χ1) is 8.15. The molecule has 17 heavy (non-hydrogen) atoms. The van der Waals surface area contributed by atoms with Crippen LogP contribution in [0.4, 0.5) is 0 Å². The predicted octanol–water partition coefficient (Wildman–Crippen LogP) is 1.77. The summed E-state index contributed by atoms with van der Waals surface area (Å²) in [5, 5.41) is 0.123. The highest BCUT2D eigenvalue weighted by Crippen LogP contribution is 2.24. The first kappa shape index (κ1) is 12.6. The number of amides is 1. The number of hydrogen-bond acceptors (Lipinski definition) is 5. The number of likely N-dealkylation sites (tertiary alicyclic amines) is 1. The molecule has 0 aliphatic carbocycles. The molecule has 4 nitrogen and oxygen atoms in total. The van der Waals surface area contributed by atoms with Crippen LogP contribution in [0.15, 0.2) is 11.7 Å². The van der Waals surface area contributed by atoms with Gasteiger partial charge in [-0.2, -0.15) is 0 Å². The summed E-state index contributed by atoms with van der Waals surface area (Å²) in [6, 6.07) is 0. The minimum absolute atomic E-state index is 0.123. The fourth-order valence-electron chi connectivity index (χ4n) is 1.86. The average Bonchev–Trinajstić information content (AvgIpc) is 2.87. The third-order valence-electron chi connectivity index (χ3n) is 2.65. The lowest BCUT2D eigenvalue weighted by atomic mass is 10.1. The van der Waals surface area contributed by atoms with Crippen molar-refractivity contribution < 1.29 is 9.59 Å². The average molecular weight is 270 g/mol. The van der Waals surface area contributed by atoms with Gasteiger partial charge in [0.15, 0.2) is 5.12 Å². The maximum absolute atomic E-state index is 11.8. The molecule has 1 aromatic rings. The van der Waals surface area contributed by atoms with E-state index >= 15 is 0 Å². The van der Waals surface area contributed by atoms with Gasteiger partial charge in [0.2, 0.25) is 5.91 Å². The van der Waals surface area contributed by atoms with Crippen molar-refractivity contribution in [2.24, 2.45) is 5.92 Å². The Labute approximate surface area is 108 Å². The summed E-state index contributed by atoms with van der Waals surface area (Å²) in [7, 11) is 0. The van der Waals surface area contributed by atoms with E-state index in [1.54, 1.807) is 30.0 Å². The highest BCUT2D eigenvalue weighted by Gasteiger charge is 2.29. The van der Waals surface area contributed by atoms with Gasteiger partial charge >= 0.3 is 0 Å². The minimum atomic E-state index is 0.123. The van der Waals surface area contributed by atoms with E-state index in [2.05, 4.69) is 4.98 Å². The first-order valence-corrected chi connectivity index (χ1v) is 7.30. The largest absolute Gasteiger partial charge is 0.337 e. The Morgan fingerprint density at radius 1 is 1.71 bits per heavy atom. The van der Waals surface area contributed by atoms with Crippen LogP contribution in [0, 0.1) is 5.92 Å². The Kier molecular flexibility index (Phi) is 4.17. The highest BCUT2D eigenvalue weighted by molar-refractivity contribution is 8.13. The van der Waals surface area contributed by atoms with Crippen LogP contribution in [0.2, 0.25) is 0 Å². The van der Waals surface area contributed by atoms with Crippen molar-refractivity contribution in [3.05, 3.63) is 16.6 Å². The second-order valence-electron chi connectivity index (χ2n) is 4.11. The van der Waals surface area contributed by atoms with E-state index < -0.39 is 0 Å². The zero-order chi connectivity index (χ0) is 12.3. The molecule has 1 amide bonds. The van der Waals surface area contributed by atoms with Crippen molar-refractivity contribution in [3.8, 4) is 0 Å². The molecule has 0 saturated carbocycles. The van der Waals surface area contributed by atoms with Gasteiger partial charge in [0.05, 0.1) is 12.1 Å².